The van der Waals surface area contributed by atoms with Crippen LogP contribution in [0, 0.1) is 11.6 Å². The highest BCUT2D eigenvalue weighted by Gasteiger charge is 2.27. The lowest BCUT2D eigenvalue weighted by Gasteiger charge is -2.34. The molecule has 5 rings (SSSR count). The van der Waals surface area contributed by atoms with Gasteiger partial charge in [-0.3, -0.25) is 4.79 Å². The van der Waals surface area contributed by atoms with E-state index in [0.29, 0.717) is 48.1 Å². The fourth-order valence-electron chi connectivity index (χ4n) is 4.44. The molecule has 0 N–H and O–H groups in total. The summed E-state index contributed by atoms with van der Waals surface area (Å²) in [6.07, 6.45) is 0. The third-order valence-corrected chi connectivity index (χ3v) is 9.53. The summed E-state index contributed by atoms with van der Waals surface area (Å²) in [6.45, 7) is 4.21. The van der Waals surface area contributed by atoms with Crippen molar-refractivity contribution in [2.45, 2.75) is 18.4 Å². The molecular weight excluding hydrogens is 530 g/mol. The molecule has 4 aromatic rings. The molecule has 0 radical (unpaired) electrons. The van der Waals surface area contributed by atoms with E-state index in [0.717, 1.165) is 11.6 Å². The van der Waals surface area contributed by atoms with Gasteiger partial charge in [-0.1, -0.05) is 48.6 Å². The molecule has 1 fully saturated rings. The van der Waals surface area contributed by atoms with Crippen molar-refractivity contribution in [1.82, 2.24) is 14.2 Å². The minimum atomic E-state index is -3.73. The van der Waals surface area contributed by atoms with E-state index in [-0.39, 0.29) is 22.9 Å². The predicted molar refractivity (Wildman–Crippen MR) is 144 cm³/mol. The van der Waals surface area contributed by atoms with Gasteiger partial charge in [0.05, 0.1) is 9.60 Å². The van der Waals surface area contributed by atoms with Gasteiger partial charge in [-0.2, -0.15) is 4.31 Å². The van der Waals surface area contributed by atoms with E-state index in [4.69, 9.17) is 0 Å². The molecule has 0 unspecified atom stereocenters. The lowest BCUT2D eigenvalue weighted by Crippen LogP contribution is -2.48. The molecule has 1 aromatic heterocycles. The zero-order valence-corrected chi connectivity index (χ0v) is 22.3. The lowest BCUT2D eigenvalue weighted by atomic mass is 10.2. The summed E-state index contributed by atoms with van der Waals surface area (Å²) < 4.78 is 55.8. The molecule has 7 nitrogen and oxygen atoms in total. The Balaban J connectivity index is 1.24. The van der Waals surface area contributed by atoms with Gasteiger partial charge in [-0.15, -0.1) is 0 Å². The average molecular weight is 557 g/mol. The van der Waals surface area contributed by atoms with Crippen LogP contribution in [0.2, 0.25) is 0 Å². The second kappa shape index (κ2) is 10.8. The van der Waals surface area contributed by atoms with E-state index in [9.17, 15) is 22.0 Å². The lowest BCUT2D eigenvalue weighted by molar-refractivity contribution is 0.0746. The number of amides is 1. The number of thiazole rings is 1. The van der Waals surface area contributed by atoms with Crippen molar-refractivity contribution >= 4 is 42.6 Å². The average Bonchev–Trinajstić information content (AvgIpc) is 3.36. The maximum atomic E-state index is 14.0. The molecule has 1 saturated heterocycles. The summed E-state index contributed by atoms with van der Waals surface area (Å²) in [5.41, 5.74) is 1.44. The molecule has 0 atom stereocenters. The molecule has 11 heteroatoms. The molecule has 3 aromatic carbocycles. The third-order valence-electron chi connectivity index (χ3n) is 6.53. The monoisotopic (exact) mass is 556 g/mol. The highest BCUT2D eigenvalue weighted by atomic mass is 32.2. The zero-order chi connectivity index (χ0) is 26.9. The van der Waals surface area contributed by atoms with Crippen LogP contribution in [0.4, 0.5) is 13.9 Å². The fourth-order valence-corrected chi connectivity index (χ4v) is 6.93. The quantitative estimate of drug-likeness (QED) is 0.329. The number of hydrogen-bond acceptors (Lipinski definition) is 6. The molecule has 0 saturated carbocycles. The van der Waals surface area contributed by atoms with E-state index in [1.54, 1.807) is 24.0 Å². The minimum absolute atomic E-state index is 0.135. The van der Waals surface area contributed by atoms with Crippen molar-refractivity contribution in [1.29, 1.82) is 0 Å². The SMILES string of the molecule is CCN(Cc1ccccc1)S(=O)(=O)c1ccc(C(=O)N2CCN(c3nc4c(F)cc(F)cc4s3)CC2)cc1. The number of rotatable bonds is 7. The molecule has 0 aliphatic carbocycles. The first-order chi connectivity index (χ1) is 18.3. The van der Waals surface area contributed by atoms with Gasteiger partial charge in [0.1, 0.15) is 11.3 Å². The molecule has 198 valence electrons. The van der Waals surface area contributed by atoms with Crippen LogP contribution in [0.5, 0.6) is 0 Å². The van der Waals surface area contributed by atoms with Crippen molar-refractivity contribution in [3.63, 3.8) is 0 Å². The normalized spacial score (nSPS) is 14.4. The van der Waals surface area contributed by atoms with E-state index in [2.05, 4.69) is 4.98 Å². The Bertz CT molecular complexity index is 1550. The Morgan fingerprint density at radius 1 is 1.00 bits per heavy atom. The highest BCUT2D eigenvalue weighted by Crippen LogP contribution is 2.31. The zero-order valence-electron chi connectivity index (χ0n) is 20.7. The van der Waals surface area contributed by atoms with Gasteiger partial charge in [-0.05, 0) is 35.9 Å². The molecule has 2 heterocycles. The Labute approximate surface area is 224 Å². The number of piperazine rings is 1. The van der Waals surface area contributed by atoms with Crippen LogP contribution in [-0.4, -0.2) is 61.2 Å². The second-order valence-electron chi connectivity index (χ2n) is 8.95. The Morgan fingerprint density at radius 3 is 2.34 bits per heavy atom. The Hall–Kier alpha value is -3.41. The number of nitrogens with zero attached hydrogens (tertiary/aromatic N) is 4. The first-order valence-corrected chi connectivity index (χ1v) is 14.5. The van der Waals surface area contributed by atoms with Crippen LogP contribution in [0.15, 0.2) is 71.6 Å². The van der Waals surface area contributed by atoms with Crippen molar-refractivity contribution in [3.05, 3.63) is 89.5 Å². The number of aromatic nitrogens is 1. The van der Waals surface area contributed by atoms with Gasteiger partial charge in [0, 0.05) is 50.9 Å². The molecule has 1 aliphatic heterocycles. The number of carbonyl (C=O) groups is 1. The molecular formula is C27H26F2N4O3S2. The van der Waals surface area contributed by atoms with Crippen LogP contribution in [0.1, 0.15) is 22.8 Å². The molecule has 0 bridgehead atoms. The second-order valence-corrected chi connectivity index (χ2v) is 11.9. The maximum Gasteiger partial charge on any atom is 0.253 e. The van der Waals surface area contributed by atoms with Gasteiger partial charge in [-0.25, -0.2) is 22.2 Å². The number of sulfonamides is 1. The molecule has 38 heavy (non-hydrogen) atoms. The molecule has 0 spiro atoms. The number of benzene rings is 3. The van der Waals surface area contributed by atoms with Crippen LogP contribution >= 0.6 is 11.3 Å². The first kappa shape index (κ1) is 26.2. The van der Waals surface area contributed by atoms with Crippen LogP contribution < -0.4 is 4.90 Å². The number of anilines is 1. The Morgan fingerprint density at radius 2 is 1.68 bits per heavy atom. The number of carbonyl (C=O) groups excluding carboxylic acids is 1. The number of fused-ring (bicyclic) bond motifs is 1. The number of hydrogen-bond donors (Lipinski definition) is 0. The van der Waals surface area contributed by atoms with Crippen LogP contribution in [0.3, 0.4) is 0 Å². The Kier molecular flexibility index (Phi) is 7.42. The van der Waals surface area contributed by atoms with Crippen LogP contribution in [0.25, 0.3) is 10.2 Å². The highest BCUT2D eigenvalue weighted by molar-refractivity contribution is 7.89. The standard InChI is InChI=1S/C27H26F2N4O3S2/c1-2-33(18-19-6-4-3-5-7-19)38(35,36)22-10-8-20(9-11-22)26(34)31-12-14-32(15-13-31)27-30-25-23(29)16-21(28)17-24(25)37-27/h3-11,16-17H,2,12-15,18H2,1H3. The van der Waals surface area contributed by atoms with Gasteiger partial charge in [0.2, 0.25) is 10.0 Å². The summed E-state index contributed by atoms with van der Waals surface area (Å²) in [7, 11) is -3.73. The maximum absolute atomic E-state index is 14.0. The van der Waals surface area contributed by atoms with Crippen molar-refractivity contribution in [3.8, 4) is 0 Å². The smallest absolute Gasteiger partial charge is 0.253 e. The van der Waals surface area contributed by atoms with Crippen molar-refractivity contribution < 1.29 is 22.0 Å². The number of halogens is 2. The van der Waals surface area contributed by atoms with Crippen LogP contribution in [-0.2, 0) is 16.6 Å². The van der Waals surface area contributed by atoms with Crippen molar-refractivity contribution in [2.75, 3.05) is 37.6 Å². The fraction of sp³-hybridized carbons (Fsp3) is 0.259. The summed E-state index contributed by atoms with van der Waals surface area (Å²) in [4.78, 5) is 21.2. The summed E-state index contributed by atoms with van der Waals surface area (Å²) in [5, 5.41) is 0.585. The third kappa shape index (κ3) is 5.27. The summed E-state index contributed by atoms with van der Waals surface area (Å²) >= 11 is 1.22. The van der Waals surface area contributed by atoms with Gasteiger partial charge >= 0.3 is 0 Å². The van der Waals surface area contributed by atoms with Crippen molar-refractivity contribution in [2.24, 2.45) is 0 Å². The van der Waals surface area contributed by atoms with E-state index in [1.165, 1.54) is 33.8 Å². The largest absolute Gasteiger partial charge is 0.345 e. The summed E-state index contributed by atoms with van der Waals surface area (Å²) in [6, 6.07) is 17.5. The van der Waals surface area contributed by atoms with E-state index in [1.807, 2.05) is 35.2 Å². The van der Waals surface area contributed by atoms with E-state index < -0.39 is 21.7 Å². The van der Waals surface area contributed by atoms with Gasteiger partial charge in [0.25, 0.3) is 5.91 Å². The first-order valence-electron chi connectivity index (χ1n) is 12.2. The van der Waals surface area contributed by atoms with E-state index >= 15 is 0 Å². The topological polar surface area (TPSA) is 73.8 Å². The minimum Gasteiger partial charge on any atom is -0.345 e. The molecule has 1 aliphatic rings. The summed E-state index contributed by atoms with van der Waals surface area (Å²) in [5.74, 6) is -1.52. The van der Waals surface area contributed by atoms with Gasteiger partial charge in [0.15, 0.2) is 10.9 Å². The predicted octanol–water partition coefficient (Wildman–Crippen LogP) is 4.75. The van der Waals surface area contributed by atoms with Gasteiger partial charge < -0.3 is 9.80 Å². The molecule has 1 amide bonds.